The number of aromatic nitrogens is 1. The van der Waals surface area contributed by atoms with Gasteiger partial charge in [0.2, 0.25) is 5.89 Å². The van der Waals surface area contributed by atoms with Crippen LogP contribution in [0.1, 0.15) is 16.2 Å². The van der Waals surface area contributed by atoms with E-state index in [4.69, 9.17) is 9.52 Å². The molecule has 1 aromatic carbocycles. The number of aryl methyl sites for hydroxylation is 1. The molecule has 1 N–H and O–H groups in total. The summed E-state index contributed by atoms with van der Waals surface area (Å²) in [5.41, 5.74) is -0.0218. The quantitative estimate of drug-likeness (QED) is 0.686. The Balaban J connectivity index is 2.55. The fraction of sp³-hybridized carbons (Fsp3) is 0.0909. The maximum atomic E-state index is 10.9. The van der Waals surface area contributed by atoms with E-state index in [-0.39, 0.29) is 23.0 Å². The highest BCUT2D eigenvalue weighted by Crippen LogP contribution is 2.29. The first kappa shape index (κ1) is 13.2. The smallest absolute Gasteiger partial charge is 0.358 e. The van der Waals surface area contributed by atoms with Crippen molar-refractivity contribution in [1.82, 2.24) is 4.98 Å². The number of halogens is 1. The number of nitrogens with zero attached hydrogens (tertiary/aromatic N) is 2. The minimum Gasteiger partial charge on any atom is -0.476 e. The highest BCUT2D eigenvalue weighted by atomic mass is 79.9. The molecule has 0 radical (unpaired) electrons. The van der Waals surface area contributed by atoms with Gasteiger partial charge in [-0.3, -0.25) is 10.1 Å². The number of nitro benzene ring substituents is 1. The molecule has 0 aliphatic rings. The topological polar surface area (TPSA) is 106 Å². The van der Waals surface area contributed by atoms with Crippen LogP contribution < -0.4 is 0 Å². The number of rotatable bonds is 3. The largest absolute Gasteiger partial charge is 0.476 e. The minimum absolute atomic E-state index is 0.0271. The Kier molecular flexibility index (Phi) is 3.34. The van der Waals surface area contributed by atoms with E-state index in [1.54, 1.807) is 6.07 Å². The number of hydrogen-bond donors (Lipinski definition) is 1. The van der Waals surface area contributed by atoms with Crippen LogP contribution in [-0.4, -0.2) is 21.0 Å². The highest BCUT2D eigenvalue weighted by molar-refractivity contribution is 9.10. The molecule has 1 heterocycles. The highest BCUT2D eigenvalue weighted by Gasteiger charge is 2.19. The summed E-state index contributed by atoms with van der Waals surface area (Å²) in [5, 5.41) is 19.6. The van der Waals surface area contributed by atoms with E-state index in [1.165, 1.54) is 19.1 Å². The second kappa shape index (κ2) is 4.81. The molecule has 7 nitrogen and oxygen atoms in total. The number of non-ortho nitro benzene ring substituents is 1. The van der Waals surface area contributed by atoms with Crippen LogP contribution in [0.15, 0.2) is 27.1 Å². The standard InChI is InChI=1S/C11H7BrN2O5/c1-5-9(11(15)16)13-10(19-5)6-2-7(12)4-8(3-6)14(17)18/h2-4H,1H3,(H,15,16). The second-order valence-corrected chi connectivity index (χ2v) is 4.60. The molecule has 0 spiro atoms. The maximum Gasteiger partial charge on any atom is 0.358 e. The molecule has 2 aromatic rings. The van der Waals surface area contributed by atoms with Crippen molar-refractivity contribution in [2.45, 2.75) is 6.92 Å². The summed E-state index contributed by atoms with van der Waals surface area (Å²) >= 11 is 3.14. The molecule has 0 saturated heterocycles. The lowest BCUT2D eigenvalue weighted by molar-refractivity contribution is -0.384. The van der Waals surface area contributed by atoms with Crippen molar-refractivity contribution in [2.75, 3.05) is 0 Å². The molecule has 0 aliphatic carbocycles. The van der Waals surface area contributed by atoms with Gasteiger partial charge in [-0.1, -0.05) is 15.9 Å². The molecular weight excluding hydrogens is 320 g/mol. The Labute approximate surface area is 115 Å². The first-order valence-electron chi connectivity index (χ1n) is 5.04. The second-order valence-electron chi connectivity index (χ2n) is 3.68. The zero-order chi connectivity index (χ0) is 14.2. The molecule has 1 aromatic heterocycles. The monoisotopic (exact) mass is 326 g/mol. The van der Waals surface area contributed by atoms with Gasteiger partial charge in [-0.2, -0.15) is 0 Å². The third kappa shape index (κ3) is 2.63. The summed E-state index contributed by atoms with van der Waals surface area (Å²) in [5.74, 6) is -1.04. The number of hydrogen-bond acceptors (Lipinski definition) is 5. The molecule has 0 bridgehead atoms. The Morgan fingerprint density at radius 2 is 2.16 bits per heavy atom. The summed E-state index contributed by atoms with van der Waals surface area (Å²) in [6.45, 7) is 1.46. The van der Waals surface area contributed by atoms with Crippen LogP contribution in [0.3, 0.4) is 0 Å². The van der Waals surface area contributed by atoms with Gasteiger partial charge in [0.25, 0.3) is 5.69 Å². The lowest BCUT2D eigenvalue weighted by Crippen LogP contribution is -1.98. The van der Waals surface area contributed by atoms with Gasteiger partial charge in [-0.15, -0.1) is 0 Å². The van der Waals surface area contributed by atoms with Crippen molar-refractivity contribution < 1.29 is 19.2 Å². The molecule has 0 aliphatic heterocycles. The van der Waals surface area contributed by atoms with E-state index < -0.39 is 10.9 Å². The third-order valence-electron chi connectivity index (χ3n) is 2.34. The van der Waals surface area contributed by atoms with E-state index >= 15 is 0 Å². The normalized spacial score (nSPS) is 10.4. The summed E-state index contributed by atoms with van der Waals surface area (Å²) in [4.78, 5) is 24.9. The van der Waals surface area contributed by atoms with Crippen molar-refractivity contribution in [3.8, 4) is 11.5 Å². The zero-order valence-corrected chi connectivity index (χ0v) is 11.2. The van der Waals surface area contributed by atoms with E-state index in [9.17, 15) is 14.9 Å². The van der Waals surface area contributed by atoms with Gasteiger partial charge >= 0.3 is 5.97 Å². The maximum absolute atomic E-state index is 10.9. The van der Waals surface area contributed by atoms with E-state index in [0.29, 0.717) is 10.0 Å². The number of oxazole rings is 1. The molecule has 0 unspecified atom stereocenters. The summed E-state index contributed by atoms with van der Waals surface area (Å²) in [7, 11) is 0. The summed E-state index contributed by atoms with van der Waals surface area (Å²) in [6, 6.07) is 4.16. The molecule has 0 saturated carbocycles. The van der Waals surface area contributed by atoms with E-state index in [1.807, 2.05) is 0 Å². The van der Waals surface area contributed by atoms with Crippen LogP contribution in [0, 0.1) is 17.0 Å². The Morgan fingerprint density at radius 3 is 2.68 bits per heavy atom. The Morgan fingerprint density at radius 1 is 1.47 bits per heavy atom. The van der Waals surface area contributed by atoms with Gasteiger partial charge in [0.15, 0.2) is 5.69 Å². The van der Waals surface area contributed by atoms with Crippen molar-refractivity contribution in [1.29, 1.82) is 0 Å². The Hall–Kier alpha value is -2.22. The fourth-order valence-corrected chi connectivity index (χ4v) is 2.00. The molecule has 2 rings (SSSR count). The van der Waals surface area contributed by atoms with E-state index in [2.05, 4.69) is 20.9 Å². The van der Waals surface area contributed by atoms with Crippen LogP contribution in [0.2, 0.25) is 0 Å². The Bertz CT molecular complexity index is 680. The van der Waals surface area contributed by atoms with Gasteiger partial charge in [-0.25, -0.2) is 9.78 Å². The van der Waals surface area contributed by atoms with Gasteiger partial charge in [0.05, 0.1) is 4.92 Å². The number of nitro groups is 1. The number of aromatic carboxylic acids is 1. The van der Waals surface area contributed by atoms with Crippen molar-refractivity contribution >= 4 is 27.6 Å². The van der Waals surface area contributed by atoms with Crippen LogP contribution in [0.5, 0.6) is 0 Å². The van der Waals surface area contributed by atoms with Gasteiger partial charge < -0.3 is 9.52 Å². The van der Waals surface area contributed by atoms with Crippen LogP contribution in [0.25, 0.3) is 11.5 Å². The van der Waals surface area contributed by atoms with Gasteiger partial charge in [-0.05, 0) is 13.0 Å². The fourth-order valence-electron chi connectivity index (χ4n) is 1.52. The molecule has 19 heavy (non-hydrogen) atoms. The minimum atomic E-state index is -1.21. The average Bonchev–Trinajstić information content (AvgIpc) is 2.70. The van der Waals surface area contributed by atoms with E-state index in [0.717, 1.165) is 0 Å². The zero-order valence-electron chi connectivity index (χ0n) is 9.58. The molecule has 8 heteroatoms. The predicted octanol–water partition coefficient (Wildman–Crippen LogP) is 3.02. The van der Waals surface area contributed by atoms with Crippen molar-refractivity contribution in [2.24, 2.45) is 0 Å². The first-order chi connectivity index (χ1) is 8.88. The number of benzene rings is 1. The average molecular weight is 327 g/mol. The lowest BCUT2D eigenvalue weighted by Gasteiger charge is -1.98. The molecule has 0 amide bonds. The molecule has 0 atom stereocenters. The predicted molar refractivity (Wildman–Crippen MR) is 68.0 cm³/mol. The van der Waals surface area contributed by atoms with Crippen LogP contribution in [0.4, 0.5) is 5.69 Å². The van der Waals surface area contributed by atoms with Crippen molar-refractivity contribution in [3.63, 3.8) is 0 Å². The van der Waals surface area contributed by atoms with Gasteiger partial charge in [0.1, 0.15) is 5.76 Å². The van der Waals surface area contributed by atoms with Crippen LogP contribution >= 0.6 is 15.9 Å². The molecule has 98 valence electrons. The summed E-state index contributed by atoms with van der Waals surface area (Å²) in [6.07, 6.45) is 0. The SMILES string of the molecule is Cc1oc(-c2cc(Br)cc([N+](=O)[O-])c2)nc1C(=O)O. The third-order valence-corrected chi connectivity index (χ3v) is 2.80. The number of carboxylic acids is 1. The molecule has 0 fully saturated rings. The summed E-state index contributed by atoms with van der Waals surface area (Å²) < 4.78 is 5.69. The van der Waals surface area contributed by atoms with Gasteiger partial charge in [0, 0.05) is 22.2 Å². The number of carbonyl (C=O) groups is 1. The van der Waals surface area contributed by atoms with Crippen LogP contribution in [-0.2, 0) is 0 Å². The van der Waals surface area contributed by atoms with Crippen molar-refractivity contribution in [3.05, 3.63) is 44.2 Å². The lowest BCUT2D eigenvalue weighted by atomic mass is 10.2. The first-order valence-corrected chi connectivity index (χ1v) is 5.84. The number of carboxylic acid groups (broad SMARTS) is 1. The molecular formula is C11H7BrN2O5.